The lowest BCUT2D eigenvalue weighted by atomic mass is 9.90. The van der Waals surface area contributed by atoms with Crippen LogP contribution in [0.5, 0.6) is 0 Å². The van der Waals surface area contributed by atoms with Gasteiger partial charge in [-0.05, 0) is 33.8 Å². The third kappa shape index (κ3) is 4.17. The maximum atomic E-state index is 11.7. The molecule has 0 bridgehead atoms. The molecule has 0 spiro atoms. The van der Waals surface area contributed by atoms with Gasteiger partial charge in [0.25, 0.3) is 0 Å². The van der Waals surface area contributed by atoms with Crippen molar-refractivity contribution in [1.82, 2.24) is 9.97 Å². The minimum Gasteiger partial charge on any atom is -0.405 e. The van der Waals surface area contributed by atoms with Gasteiger partial charge >= 0.3 is 13.9 Å². The van der Waals surface area contributed by atoms with Gasteiger partial charge in [-0.15, -0.1) is 0 Å². The Morgan fingerprint density at radius 2 is 1.42 bits per heavy atom. The molecule has 2 rings (SSSR count). The van der Waals surface area contributed by atoms with Crippen LogP contribution in [0.4, 0.5) is 13.2 Å². The van der Waals surface area contributed by atoms with Gasteiger partial charge in [0.1, 0.15) is 0 Å². The molecular weight excluding hydrogens is 260 g/mol. The minimum absolute atomic E-state index is 0.187. The molecule has 1 saturated heterocycles. The van der Waals surface area contributed by atoms with Crippen LogP contribution in [0.3, 0.4) is 0 Å². The first kappa shape index (κ1) is 15.9. The van der Waals surface area contributed by atoms with Gasteiger partial charge in [0.2, 0.25) is 5.82 Å². The summed E-state index contributed by atoms with van der Waals surface area (Å²) >= 11 is 0. The summed E-state index contributed by atoms with van der Waals surface area (Å²) < 4.78 is 45.4. The summed E-state index contributed by atoms with van der Waals surface area (Å²) in [4.78, 5) is 6.03. The molecule has 19 heavy (non-hydrogen) atoms. The van der Waals surface area contributed by atoms with E-state index in [1.165, 1.54) is 13.8 Å². The molecule has 0 unspecified atom stereocenters. The average molecular weight is 275 g/mol. The van der Waals surface area contributed by atoms with Crippen LogP contribution in [0.15, 0.2) is 18.5 Å². The fourth-order valence-electron chi connectivity index (χ4n) is 0.994. The van der Waals surface area contributed by atoms with E-state index in [1.54, 1.807) is 0 Å². The Kier molecular flexibility index (Phi) is 4.57. The highest BCUT2D eigenvalue weighted by Crippen LogP contribution is 2.33. The molecule has 0 aliphatic carbocycles. The third-order valence-electron chi connectivity index (χ3n) is 2.95. The van der Waals surface area contributed by atoms with Crippen molar-refractivity contribution < 1.29 is 22.5 Å². The first-order valence-corrected chi connectivity index (χ1v) is 5.58. The average Bonchev–Trinajstić information content (AvgIpc) is 2.52. The van der Waals surface area contributed by atoms with Crippen molar-refractivity contribution in [1.29, 1.82) is 0 Å². The largest absolute Gasteiger partial charge is 0.488 e. The maximum Gasteiger partial charge on any atom is 0.488 e. The molecule has 105 valence electrons. The fraction of sp³-hybridized carbons (Fsp3) is 0.636. The zero-order chi connectivity index (χ0) is 14.7. The van der Waals surface area contributed by atoms with Crippen LogP contribution in [0.1, 0.15) is 33.5 Å². The Balaban J connectivity index is 0.000000191. The topological polar surface area (TPSA) is 44.2 Å². The summed E-state index contributed by atoms with van der Waals surface area (Å²) in [5.41, 5.74) is -0.375. The zero-order valence-electron chi connectivity index (χ0n) is 11.2. The van der Waals surface area contributed by atoms with Gasteiger partial charge in [-0.2, -0.15) is 13.2 Å². The second-order valence-electron chi connectivity index (χ2n) is 4.92. The quantitative estimate of drug-likeness (QED) is 0.683. The summed E-state index contributed by atoms with van der Waals surface area (Å²) in [5, 5.41) is 0. The summed E-state index contributed by atoms with van der Waals surface area (Å²) in [5.74, 6) is -1.10. The normalized spacial score (nSPS) is 20.2. The van der Waals surface area contributed by atoms with E-state index in [1.807, 2.05) is 27.7 Å². The molecule has 0 atom stereocenters. The fourth-order valence-corrected chi connectivity index (χ4v) is 0.994. The van der Waals surface area contributed by atoms with Crippen molar-refractivity contribution in [2.75, 3.05) is 0 Å². The number of alkyl halides is 3. The second-order valence-corrected chi connectivity index (χ2v) is 4.92. The van der Waals surface area contributed by atoms with Crippen molar-refractivity contribution in [3.63, 3.8) is 0 Å². The molecule has 8 heteroatoms. The van der Waals surface area contributed by atoms with Crippen LogP contribution < -0.4 is 0 Å². The maximum absolute atomic E-state index is 11.7. The van der Waals surface area contributed by atoms with Crippen molar-refractivity contribution in [2.24, 2.45) is 0 Å². The predicted octanol–water partition coefficient (Wildman–Crippen LogP) is 2.62. The highest BCUT2D eigenvalue weighted by molar-refractivity contribution is 6.19. The molecule has 1 aliphatic heterocycles. The second kappa shape index (κ2) is 5.46. The number of nitrogens with zero attached hydrogens (tertiary/aromatic N) is 2. The van der Waals surface area contributed by atoms with E-state index in [-0.39, 0.29) is 11.2 Å². The van der Waals surface area contributed by atoms with Crippen LogP contribution in [-0.2, 0) is 15.5 Å². The first-order valence-electron chi connectivity index (χ1n) is 5.58. The van der Waals surface area contributed by atoms with Crippen molar-refractivity contribution in [3.8, 4) is 0 Å². The van der Waals surface area contributed by atoms with E-state index in [2.05, 4.69) is 9.97 Å². The Morgan fingerprint density at radius 3 is 1.63 bits per heavy atom. The van der Waals surface area contributed by atoms with E-state index in [4.69, 9.17) is 9.31 Å². The molecule has 2 heterocycles. The van der Waals surface area contributed by atoms with Crippen LogP contribution in [0, 0.1) is 0 Å². The predicted molar refractivity (Wildman–Crippen MR) is 63.1 cm³/mol. The number of aromatic nitrogens is 2. The Hall–Kier alpha value is -1.15. The van der Waals surface area contributed by atoms with Gasteiger partial charge in [-0.1, -0.05) is 0 Å². The van der Waals surface area contributed by atoms with Gasteiger partial charge in [0, 0.05) is 12.4 Å². The van der Waals surface area contributed by atoms with Crippen LogP contribution in [-0.4, -0.2) is 28.9 Å². The van der Waals surface area contributed by atoms with Crippen molar-refractivity contribution in [2.45, 2.75) is 45.1 Å². The minimum atomic E-state index is -4.43. The van der Waals surface area contributed by atoms with Gasteiger partial charge in [0.05, 0.1) is 11.2 Å². The Labute approximate surface area is 110 Å². The Bertz CT molecular complexity index is 396. The van der Waals surface area contributed by atoms with Crippen LogP contribution in [0.25, 0.3) is 0 Å². The van der Waals surface area contributed by atoms with E-state index >= 15 is 0 Å². The zero-order valence-corrected chi connectivity index (χ0v) is 11.2. The van der Waals surface area contributed by atoms with Crippen molar-refractivity contribution in [3.05, 3.63) is 24.3 Å². The summed E-state index contributed by atoms with van der Waals surface area (Å²) in [6.45, 7) is 8.04. The molecular formula is C11H15BF3N2O2. The molecule has 0 amide bonds. The molecule has 0 N–H and O–H groups in total. The smallest absolute Gasteiger partial charge is 0.405 e. The van der Waals surface area contributed by atoms with E-state index in [0.717, 1.165) is 12.4 Å². The van der Waals surface area contributed by atoms with E-state index in [9.17, 15) is 13.2 Å². The van der Waals surface area contributed by atoms with Crippen LogP contribution >= 0.6 is 0 Å². The number of halogens is 3. The van der Waals surface area contributed by atoms with Crippen molar-refractivity contribution >= 4 is 7.69 Å². The molecule has 4 nitrogen and oxygen atoms in total. The lowest BCUT2D eigenvalue weighted by Crippen LogP contribution is -2.41. The summed E-state index contributed by atoms with van der Waals surface area (Å²) in [6, 6.07) is 1.33. The molecule has 0 saturated carbocycles. The molecule has 1 fully saturated rings. The van der Waals surface area contributed by atoms with Gasteiger partial charge in [-0.25, -0.2) is 9.97 Å². The molecule has 1 aromatic rings. The SMILES string of the molecule is CC1(C)O[B]OC1(C)C.FC(F)(F)c1ncccn1. The number of hydrogen-bond donors (Lipinski definition) is 0. The highest BCUT2D eigenvalue weighted by Gasteiger charge is 2.44. The monoisotopic (exact) mass is 275 g/mol. The standard InChI is InChI=1S/C6H12BO2.C5H3F3N2/c1-5(2)6(3,4)9-7-8-5;6-5(7,8)4-9-2-1-3-10-4/h1-4H3;1-3H. The van der Waals surface area contributed by atoms with E-state index in [0.29, 0.717) is 0 Å². The Morgan fingerprint density at radius 1 is 1.00 bits per heavy atom. The summed E-state index contributed by atoms with van der Waals surface area (Å²) in [7, 11) is 1.42. The first-order chi connectivity index (χ1) is 8.56. The van der Waals surface area contributed by atoms with Gasteiger partial charge in [0.15, 0.2) is 0 Å². The third-order valence-corrected chi connectivity index (χ3v) is 2.95. The molecule has 0 aromatic carbocycles. The highest BCUT2D eigenvalue weighted by atomic mass is 19.4. The summed E-state index contributed by atoms with van der Waals surface area (Å²) in [6.07, 6.45) is -2.33. The van der Waals surface area contributed by atoms with E-state index < -0.39 is 12.0 Å². The van der Waals surface area contributed by atoms with Gasteiger partial charge < -0.3 is 9.31 Å². The van der Waals surface area contributed by atoms with Gasteiger partial charge in [-0.3, -0.25) is 0 Å². The number of rotatable bonds is 0. The molecule has 1 aliphatic rings. The lowest BCUT2D eigenvalue weighted by Gasteiger charge is -2.32. The molecule has 1 radical (unpaired) electrons. The lowest BCUT2D eigenvalue weighted by molar-refractivity contribution is -0.145. The number of hydrogen-bond acceptors (Lipinski definition) is 4. The molecule has 1 aromatic heterocycles. The van der Waals surface area contributed by atoms with Crippen LogP contribution in [0.2, 0.25) is 0 Å².